The van der Waals surface area contributed by atoms with Crippen LogP contribution in [0.2, 0.25) is 0 Å². The van der Waals surface area contributed by atoms with Crippen LogP contribution < -0.4 is 10.2 Å². The minimum atomic E-state index is -0.171. The Balaban J connectivity index is 1.74. The molecule has 5 nitrogen and oxygen atoms in total. The van der Waals surface area contributed by atoms with Gasteiger partial charge in [0.1, 0.15) is 11.5 Å². The van der Waals surface area contributed by atoms with E-state index in [-0.39, 0.29) is 5.91 Å². The van der Waals surface area contributed by atoms with E-state index in [2.05, 4.69) is 27.1 Å². The van der Waals surface area contributed by atoms with Crippen LogP contribution in [0, 0.1) is 6.92 Å². The van der Waals surface area contributed by atoms with Crippen molar-refractivity contribution in [2.75, 3.05) is 43.4 Å². The van der Waals surface area contributed by atoms with E-state index in [0.29, 0.717) is 5.69 Å². The number of likely N-dealkylation sites (N-methyl/N-ethyl adjacent to an activating group) is 1. The van der Waals surface area contributed by atoms with Crippen LogP contribution in [0.25, 0.3) is 0 Å². The van der Waals surface area contributed by atoms with E-state index in [1.165, 1.54) is 0 Å². The number of rotatable bonds is 3. The molecule has 1 N–H and O–H groups in total. The van der Waals surface area contributed by atoms with Crippen molar-refractivity contribution in [3.8, 4) is 0 Å². The van der Waals surface area contributed by atoms with Crippen LogP contribution in [0.1, 0.15) is 16.1 Å². The predicted molar refractivity (Wildman–Crippen MR) is 93.1 cm³/mol. The molecule has 1 saturated heterocycles. The maximum absolute atomic E-state index is 12.5. The number of aryl methyl sites for hydroxylation is 1. The van der Waals surface area contributed by atoms with Gasteiger partial charge in [-0.1, -0.05) is 24.3 Å². The lowest BCUT2D eigenvalue weighted by atomic mass is 10.2. The second-order valence-electron chi connectivity index (χ2n) is 5.94. The largest absolute Gasteiger partial charge is 0.354 e. The number of hydrogen-bond acceptors (Lipinski definition) is 4. The fraction of sp³-hybridized carbons (Fsp3) is 0.333. The zero-order chi connectivity index (χ0) is 16.2. The molecule has 1 amide bonds. The number of pyridine rings is 1. The highest BCUT2D eigenvalue weighted by Gasteiger charge is 2.17. The molecule has 1 aliphatic rings. The molecule has 1 aromatic heterocycles. The first-order chi connectivity index (χ1) is 11.1. The molecule has 1 fully saturated rings. The lowest BCUT2D eigenvalue weighted by Crippen LogP contribution is -2.44. The van der Waals surface area contributed by atoms with Gasteiger partial charge in [-0.05, 0) is 37.7 Å². The molecule has 23 heavy (non-hydrogen) atoms. The summed E-state index contributed by atoms with van der Waals surface area (Å²) in [6, 6.07) is 13.4. The van der Waals surface area contributed by atoms with Crippen LogP contribution in [0.4, 0.5) is 11.5 Å². The first-order valence-corrected chi connectivity index (χ1v) is 7.91. The van der Waals surface area contributed by atoms with Crippen LogP contribution >= 0.6 is 0 Å². The lowest BCUT2D eigenvalue weighted by Gasteiger charge is -2.33. The Bertz CT molecular complexity index is 693. The van der Waals surface area contributed by atoms with Crippen molar-refractivity contribution in [3.63, 3.8) is 0 Å². The molecule has 2 aromatic rings. The number of hydrogen-bond donors (Lipinski definition) is 1. The van der Waals surface area contributed by atoms with Gasteiger partial charge in [0.2, 0.25) is 0 Å². The summed E-state index contributed by atoms with van der Waals surface area (Å²) >= 11 is 0. The molecule has 1 aromatic carbocycles. The number of benzene rings is 1. The van der Waals surface area contributed by atoms with Crippen LogP contribution in [0.5, 0.6) is 0 Å². The summed E-state index contributed by atoms with van der Waals surface area (Å²) in [4.78, 5) is 21.5. The molecule has 120 valence electrons. The summed E-state index contributed by atoms with van der Waals surface area (Å²) < 4.78 is 0. The van der Waals surface area contributed by atoms with Gasteiger partial charge in [0.05, 0.1) is 0 Å². The van der Waals surface area contributed by atoms with E-state index < -0.39 is 0 Å². The van der Waals surface area contributed by atoms with E-state index in [1.807, 2.05) is 43.3 Å². The molecule has 0 bridgehead atoms. The Morgan fingerprint density at radius 2 is 1.78 bits per heavy atom. The van der Waals surface area contributed by atoms with Gasteiger partial charge in [-0.25, -0.2) is 4.98 Å². The zero-order valence-corrected chi connectivity index (χ0v) is 13.6. The van der Waals surface area contributed by atoms with Crippen molar-refractivity contribution in [3.05, 3.63) is 53.7 Å². The summed E-state index contributed by atoms with van der Waals surface area (Å²) in [5.41, 5.74) is 2.31. The topological polar surface area (TPSA) is 48.5 Å². The highest BCUT2D eigenvalue weighted by atomic mass is 16.1. The van der Waals surface area contributed by atoms with Crippen molar-refractivity contribution >= 4 is 17.4 Å². The van der Waals surface area contributed by atoms with E-state index in [4.69, 9.17) is 0 Å². The molecule has 0 radical (unpaired) electrons. The highest BCUT2D eigenvalue weighted by Crippen LogP contribution is 2.17. The predicted octanol–water partition coefficient (Wildman–Crippen LogP) is 2.39. The first kappa shape index (κ1) is 15.5. The van der Waals surface area contributed by atoms with Crippen LogP contribution in [0.15, 0.2) is 42.5 Å². The molecule has 0 aliphatic carbocycles. The molecule has 5 heteroatoms. The summed E-state index contributed by atoms with van der Waals surface area (Å²) in [7, 11) is 2.12. The van der Waals surface area contributed by atoms with E-state index in [1.54, 1.807) is 6.07 Å². The number of nitrogens with one attached hydrogen (secondary N) is 1. The van der Waals surface area contributed by atoms with Gasteiger partial charge in [0, 0.05) is 31.9 Å². The second kappa shape index (κ2) is 6.79. The van der Waals surface area contributed by atoms with Crippen LogP contribution in [-0.4, -0.2) is 49.0 Å². The third-order valence-corrected chi connectivity index (χ3v) is 4.19. The molecule has 3 rings (SSSR count). The fourth-order valence-corrected chi connectivity index (χ4v) is 2.66. The molecule has 0 spiro atoms. The summed E-state index contributed by atoms with van der Waals surface area (Å²) in [5, 5.41) is 2.94. The lowest BCUT2D eigenvalue weighted by molar-refractivity contribution is 0.102. The third kappa shape index (κ3) is 3.68. The fourth-order valence-electron chi connectivity index (χ4n) is 2.66. The monoisotopic (exact) mass is 310 g/mol. The highest BCUT2D eigenvalue weighted by molar-refractivity contribution is 6.03. The quantitative estimate of drug-likeness (QED) is 0.946. The van der Waals surface area contributed by atoms with Crippen molar-refractivity contribution in [1.82, 2.24) is 9.88 Å². The molecule has 2 heterocycles. The number of piperazine rings is 1. The normalized spacial score (nSPS) is 15.5. The van der Waals surface area contributed by atoms with Crippen molar-refractivity contribution < 1.29 is 4.79 Å². The molecular formula is C18H22N4O. The minimum Gasteiger partial charge on any atom is -0.354 e. The van der Waals surface area contributed by atoms with Crippen LogP contribution in [-0.2, 0) is 0 Å². The number of carbonyl (C=O) groups is 1. The molecule has 1 aliphatic heterocycles. The Kier molecular flexibility index (Phi) is 4.57. The zero-order valence-electron chi connectivity index (χ0n) is 13.6. The molecule has 0 unspecified atom stereocenters. The van der Waals surface area contributed by atoms with E-state index in [0.717, 1.165) is 43.2 Å². The number of aromatic nitrogens is 1. The van der Waals surface area contributed by atoms with Gasteiger partial charge in [-0.2, -0.15) is 0 Å². The number of anilines is 2. The number of para-hydroxylation sites is 1. The van der Waals surface area contributed by atoms with Gasteiger partial charge in [-0.3, -0.25) is 4.79 Å². The minimum absolute atomic E-state index is 0.171. The van der Waals surface area contributed by atoms with Crippen LogP contribution in [0.3, 0.4) is 0 Å². The SMILES string of the molecule is Cc1ccccc1NC(=O)c1cccc(N2CCN(C)CC2)n1. The van der Waals surface area contributed by atoms with Gasteiger partial charge < -0.3 is 15.1 Å². The Morgan fingerprint density at radius 1 is 1.04 bits per heavy atom. The van der Waals surface area contributed by atoms with E-state index >= 15 is 0 Å². The van der Waals surface area contributed by atoms with Gasteiger partial charge in [0.15, 0.2) is 0 Å². The van der Waals surface area contributed by atoms with Crippen molar-refractivity contribution in [2.45, 2.75) is 6.92 Å². The average molecular weight is 310 g/mol. The summed E-state index contributed by atoms with van der Waals surface area (Å²) in [5.74, 6) is 0.700. The van der Waals surface area contributed by atoms with Crippen molar-refractivity contribution in [2.24, 2.45) is 0 Å². The number of carbonyl (C=O) groups excluding carboxylic acids is 1. The molecular weight excluding hydrogens is 288 g/mol. The summed E-state index contributed by atoms with van der Waals surface area (Å²) in [6.07, 6.45) is 0. The average Bonchev–Trinajstić information content (AvgIpc) is 2.58. The maximum Gasteiger partial charge on any atom is 0.274 e. The number of nitrogens with zero attached hydrogens (tertiary/aromatic N) is 3. The molecule has 0 saturated carbocycles. The molecule has 0 atom stereocenters. The van der Waals surface area contributed by atoms with Gasteiger partial charge in [0.25, 0.3) is 5.91 Å². The standard InChI is InChI=1S/C18H22N4O/c1-14-6-3-4-7-15(14)20-18(23)16-8-5-9-17(19-16)22-12-10-21(2)11-13-22/h3-9H,10-13H2,1-2H3,(H,20,23). The van der Waals surface area contributed by atoms with Gasteiger partial charge in [-0.15, -0.1) is 0 Å². The van der Waals surface area contributed by atoms with Crippen molar-refractivity contribution in [1.29, 1.82) is 0 Å². The third-order valence-electron chi connectivity index (χ3n) is 4.19. The Hall–Kier alpha value is -2.40. The summed E-state index contributed by atoms with van der Waals surface area (Å²) in [6.45, 7) is 5.88. The smallest absolute Gasteiger partial charge is 0.274 e. The van der Waals surface area contributed by atoms with Gasteiger partial charge >= 0.3 is 0 Å². The maximum atomic E-state index is 12.5. The Morgan fingerprint density at radius 3 is 2.52 bits per heavy atom. The first-order valence-electron chi connectivity index (χ1n) is 7.91. The second-order valence-corrected chi connectivity index (χ2v) is 5.94. The number of amides is 1. The Labute approximate surface area is 136 Å². The van der Waals surface area contributed by atoms with E-state index in [9.17, 15) is 4.79 Å².